The number of amides is 2. The number of carbonyl (C=O) groups is 2. The van der Waals surface area contributed by atoms with E-state index in [-0.39, 0.29) is 57.8 Å². The highest BCUT2D eigenvalue weighted by Gasteiger charge is 2.38. The molecule has 12 nitrogen and oxygen atoms in total. The minimum atomic E-state index is -4.76. The lowest BCUT2D eigenvalue weighted by molar-refractivity contribution is -0.141. The van der Waals surface area contributed by atoms with Crippen molar-refractivity contribution in [3.63, 3.8) is 0 Å². The Kier molecular flexibility index (Phi) is 7.76. The summed E-state index contributed by atoms with van der Waals surface area (Å²) in [4.78, 5) is 33.6. The van der Waals surface area contributed by atoms with Gasteiger partial charge in [-0.1, -0.05) is 11.6 Å². The molecule has 4 aromatic rings. The van der Waals surface area contributed by atoms with Gasteiger partial charge in [0.1, 0.15) is 12.6 Å². The second kappa shape index (κ2) is 11.3. The Morgan fingerprint density at radius 2 is 2.05 bits per heavy atom. The van der Waals surface area contributed by atoms with Gasteiger partial charge in [-0.25, -0.2) is 9.97 Å². The number of anilines is 2. The second-order valence-corrected chi connectivity index (χ2v) is 10.2. The van der Waals surface area contributed by atoms with E-state index in [0.29, 0.717) is 18.5 Å². The lowest BCUT2D eigenvalue weighted by Gasteiger charge is -2.33. The molecule has 0 radical (unpaired) electrons. The van der Waals surface area contributed by atoms with E-state index in [1.54, 1.807) is 19.1 Å². The Hall–Kier alpha value is -4.68. The summed E-state index contributed by atoms with van der Waals surface area (Å²) in [5.74, 6) is -0.668. The summed E-state index contributed by atoms with van der Waals surface area (Å²) in [5.41, 5.74) is 5.20. The largest absolute Gasteiger partial charge is 0.435 e. The average Bonchev–Trinajstić information content (AvgIpc) is 3.53. The zero-order chi connectivity index (χ0) is 30.2. The highest BCUT2D eigenvalue weighted by atomic mass is 35.5. The summed E-state index contributed by atoms with van der Waals surface area (Å²) in [6.07, 6.45) is 1.84. The first-order valence-corrected chi connectivity index (χ1v) is 13.1. The number of nitrogens with zero attached hydrogens (tertiary/aromatic N) is 6. The molecule has 16 heteroatoms. The van der Waals surface area contributed by atoms with Crippen molar-refractivity contribution >= 4 is 40.6 Å². The van der Waals surface area contributed by atoms with Crippen molar-refractivity contribution in [2.75, 3.05) is 5.32 Å². The van der Waals surface area contributed by atoms with E-state index in [1.807, 2.05) is 0 Å². The van der Waals surface area contributed by atoms with Gasteiger partial charge in [0.15, 0.2) is 17.2 Å². The van der Waals surface area contributed by atoms with Crippen molar-refractivity contribution in [2.45, 2.75) is 50.6 Å². The lowest BCUT2D eigenvalue weighted by atomic mass is 9.87. The standard InChI is InChI=1S/C26H24ClF3N10O2/c1-13(24(41)37-16-8-14(32)9-16)35-25(42)17-3-2-15(10-19(17)27)36-22-23-34-11-20(40(23)7-5-33-22)18-12-39(6-4-31)38-21(18)26(28,29)30/h2-3,5,7,10-14,16H,6,8-9,32H2,1H3,(H,33,36)(H,35,42)(H,37,41)/t13-,14?,16?/m1/s1. The molecule has 5 rings (SSSR count). The van der Waals surface area contributed by atoms with Gasteiger partial charge in [-0.05, 0) is 38.0 Å². The third kappa shape index (κ3) is 5.85. The van der Waals surface area contributed by atoms with Crippen LogP contribution in [-0.2, 0) is 17.5 Å². The molecule has 1 aliphatic carbocycles. The van der Waals surface area contributed by atoms with Crippen molar-refractivity contribution in [2.24, 2.45) is 5.73 Å². The quantitative estimate of drug-likeness (QED) is 0.239. The van der Waals surface area contributed by atoms with Crippen LogP contribution in [0.15, 0.2) is 43.0 Å². The van der Waals surface area contributed by atoms with Gasteiger partial charge in [0, 0.05) is 36.4 Å². The molecule has 218 valence electrons. The molecule has 1 atom stereocenters. The fourth-order valence-corrected chi connectivity index (χ4v) is 4.80. The Bertz CT molecular complexity index is 1700. The smallest absolute Gasteiger partial charge is 0.351 e. The first-order chi connectivity index (χ1) is 19.9. The summed E-state index contributed by atoms with van der Waals surface area (Å²) in [7, 11) is 0. The molecule has 0 bridgehead atoms. The maximum Gasteiger partial charge on any atom is 0.435 e. The van der Waals surface area contributed by atoms with Gasteiger partial charge in [-0.15, -0.1) is 0 Å². The molecule has 0 aliphatic heterocycles. The number of nitrogens with one attached hydrogen (secondary N) is 3. The van der Waals surface area contributed by atoms with Gasteiger partial charge in [0.2, 0.25) is 5.91 Å². The zero-order valence-corrected chi connectivity index (χ0v) is 22.7. The van der Waals surface area contributed by atoms with Gasteiger partial charge in [0.05, 0.1) is 34.1 Å². The Morgan fingerprint density at radius 1 is 1.29 bits per heavy atom. The number of carbonyl (C=O) groups excluding carboxylic acids is 2. The number of aromatic nitrogens is 5. The fourth-order valence-electron chi connectivity index (χ4n) is 4.54. The Labute approximate surface area is 241 Å². The first-order valence-electron chi connectivity index (χ1n) is 12.7. The van der Waals surface area contributed by atoms with Crippen molar-refractivity contribution in [1.29, 1.82) is 5.26 Å². The first kappa shape index (κ1) is 28.8. The molecule has 0 saturated heterocycles. The van der Waals surface area contributed by atoms with Crippen molar-refractivity contribution in [3.05, 3.63) is 59.3 Å². The molecule has 42 heavy (non-hydrogen) atoms. The van der Waals surface area contributed by atoms with Crippen LogP contribution in [0.1, 0.15) is 35.8 Å². The number of halogens is 4. The third-order valence-electron chi connectivity index (χ3n) is 6.71. The minimum absolute atomic E-state index is 0.00186. The lowest BCUT2D eigenvalue weighted by Crippen LogP contribution is -2.54. The van der Waals surface area contributed by atoms with E-state index in [1.165, 1.54) is 35.1 Å². The third-order valence-corrected chi connectivity index (χ3v) is 7.02. The van der Waals surface area contributed by atoms with Crippen LogP contribution in [0, 0.1) is 11.3 Å². The van der Waals surface area contributed by atoms with E-state index >= 15 is 0 Å². The number of hydrogen-bond donors (Lipinski definition) is 4. The number of nitriles is 1. The number of imidazole rings is 1. The highest BCUT2D eigenvalue weighted by Crippen LogP contribution is 2.37. The monoisotopic (exact) mass is 600 g/mol. The van der Waals surface area contributed by atoms with E-state index < -0.39 is 23.8 Å². The molecule has 2 amide bonds. The number of hydrogen-bond acceptors (Lipinski definition) is 8. The van der Waals surface area contributed by atoms with Crippen LogP contribution in [0.2, 0.25) is 5.02 Å². The van der Waals surface area contributed by atoms with Gasteiger partial charge in [-0.3, -0.25) is 18.7 Å². The molecule has 1 saturated carbocycles. The highest BCUT2D eigenvalue weighted by molar-refractivity contribution is 6.34. The van der Waals surface area contributed by atoms with Crippen molar-refractivity contribution < 1.29 is 22.8 Å². The van der Waals surface area contributed by atoms with Crippen molar-refractivity contribution in [3.8, 4) is 17.3 Å². The maximum atomic E-state index is 13.7. The van der Waals surface area contributed by atoms with Gasteiger partial charge < -0.3 is 21.7 Å². The van der Waals surface area contributed by atoms with E-state index in [0.717, 1.165) is 10.9 Å². The number of fused-ring (bicyclic) bond motifs is 1. The number of benzene rings is 1. The normalized spacial score (nSPS) is 17.3. The average molecular weight is 601 g/mol. The summed E-state index contributed by atoms with van der Waals surface area (Å²) < 4.78 is 43.4. The molecule has 0 unspecified atom stereocenters. The molecule has 5 N–H and O–H groups in total. The molecule has 1 fully saturated rings. The van der Waals surface area contributed by atoms with Gasteiger partial charge in [0.25, 0.3) is 5.91 Å². The van der Waals surface area contributed by atoms with Gasteiger partial charge >= 0.3 is 6.18 Å². The van der Waals surface area contributed by atoms with E-state index in [9.17, 15) is 22.8 Å². The zero-order valence-electron chi connectivity index (χ0n) is 22.0. The predicted octanol–water partition coefficient (Wildman–Crippen LogP) is 3.26. The molecule has 3 aromatic heterocycles. The summed E-state index contributed by atoms with van der Waals surface area (Å²) in [6, 6.07) is 5.54. The van der Waals surface area contributed by atoms with Crippen LogP contribution in [-0.4, -0.2) is 54.1 Å². The number of nitrogens with two attached hydrogens (primary N) is 1. The maximum absolute atomic E-state index is 13.7. The van der Waals surface area contributed by atoms with Crippen LogP contribution in [0.5, 0.6) is 0 Å². The molecule has 0 spiro atoms. The minimum Gasteiger partial charge on any atom is -0.351 e. The predicted molar refractivity (Wildman–Crippen MR) is 146 cm³/mol. The number of rotatable bonds is 8. The summed E-state index contributed by atoms with van der Waals surface area (Å²) in [6.45, 7) is 1.21. The second-order valence-electron chi connectivity index (χ2n) is 9.81. The molecule has 1 aliphatic rings. The van der Waals surface area contributed by atoms with Crippen LogP contribution in [0.3, 0.4) is 0 Å². The van der Waals surface area contributed by atoms with Crippen molar-refractivity contribution in [1.82, 2.24) is 34.8 Å². The topological polar surface area (TPSA) is 168 Å². The van der Waals surface area contributed by atoms with Crippen LogP contribution < -0.4 is 21.7 Å². The van der Waals surface area contributed by atoms with E-state index in [2.05, 4.69) is 31.0 Å². The number of alkyl halides is 3. The van der Waals surface area contributed by atoms with Crippen LogP contribution in [0.25, 0.3) is 16.9 Å². The molecule has 1 aromatic carbocycles. The molecular weight excluding hydrogens is 577 g/mol. The SMILES string of the molecule is C[C@@H](NC(=O)c1ccc(Nc2nccn3c(-c4cn(CC#N)nc4C(F)(F)F)cnc23)cc1Cl)C(=O)NC1CC(N)C1. The Morgan fingerprint density at radius 3 is 2.71 bits per heavy atom. The van der Waals surface area contributed by atoms with Gasteiger partial charge in [-0.2, -0.15) is 23.5 Å². The van der Waals surface area contributed by atoms with Crippen LogP contribution >= 0.6 is 11.6 Å². The summed E-state index contributed by atoms with van der Waals surface area (Å²) in [5, 5.41) is 21.0. The van der Waals surface area contributed by atoms with Crippen LogP contribution in [0.4, 0.5) is 24.7 Å². The Balaban J connectivity index is 1.34. The molecule has 3 heterocycles. The summed E-state index contributed by atoms with van der Waals surface area (Å²) >= 11 is 6.38. The molecular formula is C26H24ClF3N10O2. The van der Waals surface area contributed by atoms with E-state index in [4.69, 9.17) is 22.6 Å². The fraction of sp³-hybridized carbons (Fsp3) is 0.308.